The maximum atomic E-state index is 3.59. The standard InChI is InChI=1S/C23H43N3/c1-4-6-7-8-15-23(5-2)16-10-13-20(14-17-23)21(19-11-9-12-19)22-25-24-18-26(22)3/h14,19,21-22,24-25H,4-13,15-18H2,1-3H3/t21-,22+,23?/m1/s1. The van der Waals surface area contributed by atoms with Crippen LogP contribution in [-0.4, -0.2) is 24.8 Å². The summed E-state index contributed by atoms with van der Waals surface area (Å²) in [5, 5.41) is 0. The number of hydrazine groups is 1. The van der Waals surface area contributed by atoms with Crippen LogP contribution in [0, 0.1) is 17.3 Å². The van der Waals surface area contributed by atoms with E-state index in [9.17, 15) is 0 Å². The van der Waals surface area contributed by atoms with Crippen LogP contribution in [0.3, 0.4) is 0 Å². The van der Waals surface area contributed by atoms with Gasteiger partial charge in [-0.3, -0.25) is 4.90 Å². The average molecular weight is 362 g/mol. The molecule has 1 saturated heterocycles. The highest BCUT2D eigenvalue weighted by Crippen LogP contribution is 2.46. The van der Waals surface area contributed by atoms with E-state index in [1.54, 1.807) is 5.57 Å². The third kappa shape index (κ3) is 4.72. The molecule has 0 spiro atoms. The fourth-order valence-electron chi connectivity index (χ4n) is 5.58. The highest BCUT2D eigenvalue weighted by atomic mass is 15.6. The molecule has 3 heteroatoms. The van der Waals surface area contributed by atoms with Gasteiger partial charge in [-0.2, -0.15) is 0 Å². The maximum absolute atomic E-state index is 3.59. The van der Waals surface area contributed by atoms with Crippen molar-refractivity contribution >= 4 is 0 Å². The lowest BCUT2D eigenvalue weighted by molar-refractivity contribution is 0.126. The predicted octanol–water partition coefficient (Wildman–Crippen LogP) is 5.59. The van der Waals surface area contributed by atoms with Gasteiger partial charge in [0.05, 0.1) is 12.8 Å². The van der Waals surface area contributed by atoms with Crippen molar-refractivity contribution < 1.29 is 0 Å². The smallest absolute Gasteiger partial charge is 0.0806 e. The second-order valence-electron chi connectivity index (χ2n) is 9.40. The Labute approximate surface area is 162 Å². The Morgan fingerprint density at radius 3 is 2.65 bits per heavy atom. The van der Waals surface area contributed by atoms with Crippen LogP contribution in [0.2, 0.25) is 0 Å². The SMILES string of the molecule is CCCCCCC1(CC)CC=C([C@@H](C2CCC2)[C@H]2NNCN2C)CCC1. The van der Waals surface area contributed by atoms with Gasteiger partial charge in [-0.1, -0.05) is 64.0 Å². The van der Waals surface area contributed by atoms with Crippen LogP contribution in [0.5, 0.6) is 0 Å². The molecule has 0 aromatic carbocycles. The number of hydrogen-bond donors (Lipinski definition) is 2. The van der Waals surface area contributed by atoms with Crippen LogP contribution < -0.4 is 10.9 Å². The molecular weight excluding hydrogens is 318 g/mol. The van der Waals surface area contributed by atoms with Gasteiger partial charge in [-0.15, -0.1) is 0 Å². The molecule has 1 unspecified atom stereocenters. The van der Waals surface area contributed by atoms with Gasteiger partial charge in [0, 0.05) is 5.92 Å². The van der Waals surface area contributed by atoms with Gasteiger partial charge in [0.15, 0.2) is 0 Å². The quantitative estimate of drug-likeness (QED) is 0.414. The molecule has 150 valence electrons. The monoisotopic (exact) mass is 361 g/mol. The molecule has 2 aliphatic carbocycles. The molecule has 3 aliphatic rings. The minimum atomic E-state index is 0.491. The van der Waals surface area contributed by atoms with Crippen LogP contribution in [0.15, 0.2) is 11.6 Å². The van der Waals surface area contributed by atoms with E-state index >= 15 is 0 Å². The summed E-state index contributed by atoms with van der Waals surface area (Å²) >= 11 is 0. The van der Waals surface area contributed by atoms with Crippen molar-refractivity contribution in [3.63, 3.8) is 0 Å². The Kier molecular flexibility index (Phi) is 7.60. The van der Waals surface area contributed by atoms with Gasteiger partial charge in [-0.25, -0.2) is 10.9 Å². The molecule has 0 aromatic rings. The van der Waals surface area contributed by atoms with Gasteiger partial charge in [-0.05, 0) is 63.3 Å². The van der Waals surface area contributed by atoms with Crippen LogP contribution in [-0.2, 0) is 0 Å². The zero-order valence-electron chi connectivity index (χ0n) is 17.7. The Hall–Kier alpha value is -0.380. The van der Waals surface area contributed by atoms with E-state index in [2.05, 4.69) is 42.7 Å². The van der Waals surface area contributed by atoms with Gasteiger partial charge in [0.2, 0.25) is 0 Å². The summed E-state index contributed by atoms with van der Waals surface area (Å²) in [7, 11) is 2.27. The van der Waals surface area contributed by atoms with E-state index in [0.29, 0.717) is 11.6 Å². The predicted molar refractivity (Wildman–Crippen MR) is 112 cm³/mol. The molecule has 1 heterocycles. The lowest BCUT2D eigenvalue weighted by Crippen LogP contribution is -2.46. The summed E-state index contributed by atoms with van der Waals surface area (Å²) in [6, 6.07) is 0. The normalized spacial score (nSPS) is 32.1. The molecule has 3 nitrogen and oxygen atoms in total. The van der Waals surface area contributed by atoms with E-state index in [0.717, 1.165) is 18.5 Å². The molecule has 26 heavy (non-hydrogen) atoms. The lowest BCUT2D eigenvalue weighted by atomic mass is 9.70. The number of hydrogen-bond acceptors (Lipinski definition) is 3. The summed E-state index contributed by atoms with van der Waals surface area (Å²) in [4.78, 5) is 2.48. The highest BCUT2D eigenvalue weighted by Gasteiger charge is 2.40. The molecule has 0 amide bonds. The van der Waals surface area contributed by atoms with Crippen LogP contribution in [0.1, 0.15) is 97.3 Å². The summed E-state index contributed by atoms with van der Waals surface area (Å²) in [6.07, 6.45) is 21.5. The number of nitrogens with zero attached hydrogens (tertiary/aromatic N) is 1. The highest BCUT2D eigenvalue weighted by molar-refractivity contribution is 5.16. The van der Waals surface area contributed by atoms with Crippen molar-refractivity contribution in [1.29, 1.82) is 0 Å². The van der Waals surface area contributed by atoms with E-state index in [-0.39, 0.29) is 0 Å². The molecule has 0 bridgehead atoms. The van der Waals surface area contributed by atoms with Crippen molar-refractivity contribution in [2.24, 2.45) is 17.3 Å². The fourth-order valence-corrected chi connectivity index (χ4v) is 5.58. The third-order valence-corrected chi connectivity index (χ3v) is 7.76. The van der Waals surface area contributed by atoms with Crippen molar-refractivity contribution in [3.8, 4) is 0 Å². The van der Waals surface area contributed by atoms with Gasteiger partial charge >= 0.3 is 0 Å². The van der Waals surface area contributed by atoms with E-state index in [1.807, 2.05) is 0 Å². The molecule has 2 fully saturated rings. The molecule has 0 radical (unpaired) electrons. The summed E-state index contributed by atoms with van der Waals surface area (Å²) in [5.41, 5.74) is 9.34. The van der Waals surface area contributed by atoms with Crippen molar-refractivity contribution in [2.45, 2.75) is 103 Å². The maximum Gasteiger partial charge on any atom is 0.0806 e. The van der Waals surface area contributed by atoms with E-state index in [1.165, 1.54) is 83.5 Å². The molecular formula is C23H43N3. The van der Waals surface area contributed by atoms with Crippen LogP contribution in [0.4, 0.5) is 0 Å². The Balaban J connectivity index is 1.68. The van der Waals surface area contributed by atoms with Gasteiger partial charge in [0.25, 0.3) is 0 Å². The van der Waals surface area contributed by atoms with Crippen molar-refractivity contribution in [3.05, 3.63) is 11.6 Å². The molecule has 3 rings (SSSR count). The fraction of sp³-hybridized carbons (Fsp3) is 0.913. The topological polar surface area (TPSA) is 27.3 Å². The Bertz CT molecular complexity index is 456. The van der Waals surface area contributed by atoms with Crippen molar-refractivity contribution in [1.82, 2.24) is 15.8 Å². The van der Waals surface area contributed by atoms with Crippen LogP contribution >= 0.6 is 0 Å². The number of nitrogens with one attached hydrogen (secondary N) is 2. The largest absolute Gasteiger partial charge is 0.276 e. The first-order valence-electron chi connectivity index (χ1n) is 11.6. The first-order chi connectivity index (χ1) is 12.7. The molecule has 2 N–H and O–H groups in total. The van der Waals surface area contributed by atoms with Gasteiger partial charge < -0.3 is 0 Å². The Morgan fingerprint density at radius 1 is 1.19 bits per heavy atom. The first-order valence-corrected chi connectivity index (χ1v) is 11.6. The van der Waals surface area contributed by atoms with E-state index < -0.39 is 0 Å². The third-order valence-electron chi connectivity index (χ3n) is 7.76. The molecule has 1 saturated carbocycles. The molecule has 0 aromatic heterocycles. The zero-order chi connectivity index (χ0) is 18.4. The Morgan fingerprint density at radius 2 is 2.04 bits per heavy atom. The number of rotatable bonds is 9. The number of allylic oxidation sites excluding steroid dienone is 1. The molecule has 3 atom stereocenters. The van der Waals surface area contributed by atoms with E-state index in [4.69, 9.17) is 0 Å². The first kappa shape index (κ1) is 20.4. The van der Waals surface area contributed by atoms with Gasteiger partial charge in [0.1, 0.15) is 0 Å². The lowest BCUT2D eigenvalue weighted by Gasteiger charge is -2.40. The molecule has 1 aliphatic heterocycles. The van der Waals surface area contributed by atoms with Crippen molar-refractivity contribution in [2.75, 3.05) is 13.7 Å². The van der Waals surface area contributed by atoms with Crippen LogP contribution in [0.25, 0.3) is 0 Å². The minimum absolute atomic E-state index is 0.491. The minimum Gasteiger partial charge on any atom is -0.276 e. The average Bonchev–Trinajstić information content (AvgIpc) is 2.91. The number of unbranched alkanes of at least 4 members (excludes halogenated alkanes) is 3. The summed E-state index contributed by atoms with van der Waals surface area (Å²) < 4.78 is 0. The summed E-state index contributed by atoms with van der Waals surface area (Å²) in [6.45, 7) is 5.73. The zero-order valence-corrected chi connectivity index (χ0v) is 17.7. The second-order valence-corrected chi connectivity index (χ2v) is 9.40. The summed E-state index contributed by atoms with van der Waals surface area (Å²) in [5.74, 6) is 1.62. The second kappa shape index (κ2) is 9.71.